The molecular weight excluding hydrogens is 881 g/mol. The van der Waals surface area contributed by atoms with E-state index in [0.717, 1.165) is 18.1 Å². The van der Waals surface area contributed by atoms with E-state index < -0.39 is 98.9 Å². The molecule has 4 aliphatic rings. The number of hydrazine groups is 2. The molecule has 318 valence electrons. The van der Waals surface area contributed by atoms with Gasteiger partial charge >= 0.3 is 12.4 Å². The number of phenolic OH excluding ortho intramolecular Hbond substituents is 1. The van der Waals surface area contributed by atoms with Crippen LogP contribution in [-0.4, -0.2) is 62.9 Å². The minimum absolute atomic E-state index is 0.0769. The number of pyridine rings is 2. The van der Waals surface area contributed by atoms with Crippen LogP contribution in [0.15, 0.2) is 78.5 Å². The summed E-state index contributed by atoms with van der Waals surface area (Å²) < 4.78 is 87.2. The van der Waals surface area contributed by atoms with E-state index in [1.54, 1.807) is 6.08 Å². The lowest BCUT2D eigenvalue weighted by atomic mass is 9.49. The van der Waals surface area contributed by atoms with Crippen LogP contribution in [0.2, 0.25) is 15.1 Å². The van der Waals surface area contributed by atoms with Crippen molar-refractivity contribution in [3.63, 3.8) is 0 Å². The van der Waals surface area contributed by atoms with Crippen molar-refractivity contribution in [2.24, 2.45) is 23.7 Å². The number of carbonyl (C=O) groups excluding carboxylic acids is 4. The maximum atomic E-state index is 15.4. The second-order valence-corrected chi connectivity index (χ2v) is 16.1. The molecule has 4 heterocycles. The van der Waals surface area contributed by atoms with Gasteiger partial charge < -0.3 is 9.84 Å². The van der Waals surface area contributed by atoms with Gasteiger partial charge in [-0.25, -0.2) is 9.97 Å². The highest BCUT2D eigenvalue weighted by Crippen LogP contribution is 2.65. The Morgan fingerprint density at radius 3 is 2.23 bits per heavy atom. The number of alkyl halides is 6. The van der Waals surface area contributed by atoms with Crippen molar-refractivity contribution in [3.05, 3.63) is 116 Å². The fourth-order valence-corrected chi connectivity index (χ4v) is 9.77. The monoisotopic (exact) mass is 908 g/mol. The number of nitrogens with zero attached hydrogens (tertiary/aromatic N) is 5. The summed E-state index contributed by atoms with van der Waals surface area (Å²) in [7, 11) is 2.51. The van der Waals surface area contributed by atoms with Crippen molar-refractivity contribution in [2.45, 2.75) is 36.5 Å². The second kappa shape index (κ2) is 14.8. The number of allylic oxidation sites excluding steroid dienone is 2. The second-order valence-electron chi connectivity index (χ2n) is 14.9. The Morgan fingerprint density at radius 2 is 1.59 bits per heavy atom. The quantitative estimate of drug-likeness (QED) is 0.106. The molecule has 4 amide bonds. The first-order valence-corrected chi connectivity index (χ1v) is 19.4. The molecule has 2 aromatic heterocycles. The molecule has 2 saturated heterocycles. The van der Waals surface area contributed by atoms with Gasteiger partial charge in [0.05, 0.1) is 45.9 Å². The lowest BCUT2D eigenvalue weighted by Crippen LogP contribution is -2.53. The molecule has 0 bridgehead atoms. The third-order valence-electron chi connectivity index (χ3n) is 11.8. The lowest BCUT2D eigenvalue weighted by Gasteiger charge is -2.50. The zero-order chi connectivity index (χ0) is 44.1. The topological polar surface area (TPSA) is 145 Å². The highest BCUT2D eigenvalue weighted by Gasteiger charge is 2.71. The average Bonchev–Trinajstić information content (AvgIpc) is 3.58. The van der Waals surface area contributed by atoms with Gasteiger partial charge in [-0.2, -0.15) is 36.4 Å². The van der Waals surface area contributed by atoms with Gasteiger partial charge in [0, 0.05) is 29.7 Å². The van der Waals surface area contributed by atoms with Crippen molar-refractivity contribution in [1.82, 2.24) is 20.0 Å². The summed E-state index contributed by atoms with van der Waals surface area (Å²) in [6, 6.07) is 12.3. The highest BCUT2D eigenvalue weighted by atomic mass is 35.5. The van der Waals surface area contributed by atoms with E-state index >= 15 is 4.79 Å². The number of hydrogen-bond acceptors (Lipinski definition) is 10. The number of halogens is 9. The smallest absolute Gasteiger partial charge is 0.433 e. The number of aromatic nitrogens is 2. The molecule has 3 fully saturated rings. The summed E-state index contributed by atoms with van der Waals surface area (Å²) >= 11 is 18.8. The third-order valence-corrected chi connectivity index (χ3v) is 12.6. The summed E-state index contributed by atoms with van der Waals surface area (Å²) in [5.41, 5.74) is -1.33. The molecule has 2 aliphatic heterocycles. The predicted molar refractivity (Wildman–Crippen MR) is 206 cm³/mol. The summed E-state index contributed by atoms with van der Waals surface area (Å²) in [6.07, 6.45) is -8.01. The number of ether oxygens (including phenoxy) is 1. The Hall–Kier alpha value is -5.59. The number of carbonyl (C=O) groups is 4. The third kappa shape index (κ3) is 6.61. The molecule has 2 aromatic carbocycles. The Morgan fingerprint density at radius 1 is 0.885 bits per heavy atom. The van der Waals surface area contributed by atoms with Gasteiger partial charge in [0.2, 0.25) is 0 Å². The van der Waals surface area contributed by atoms with E-state index in [1.807, 2.05) is 0 Å². The molecule has 12 nitrogen and oxygen atoms in total. The number of rotatable bonds is 7. The van der Waals surface area contributed by atoms with Crippen LogP contribution in [-0.2, 0) is 36.9 Å². The van der Waals surface area contributed by atoms with Crippen LogP contribution in [0.5, 0.6) is 11.5 Å². The Labute approximate surface area is 356 Å². The normalized spacial score (nSPS) is 25.0. The predicted octanol–water partition coefficient (Wildman–Crippen LogP) is 8.22. The van der Waals surface area contributed by atoms with Gasteiger partial charge in [-0.15, -0.1) is 0 Å². The van der Waals surface area contributed by atoms with E-state index in [4.69, 9.17) is 39.5 Å². The SMILES string of the molecule is COc1ccc(O)c([C@H]2C3=CC[C@@H]4C(=O)N(N(C)c5nc(C(F)(F)F)ccc5Cl)C(=O)[C@@H]4[C@@H]3C[C@H]3C(=O)N(Nc4ncc(C(F)(F)F)cc4Cl)C(=O)[C@@]23c2ccc(Cl)cc2)c1. The first-order valence-electron chi connectivity index (χ1n) is 18.3. The molecule has 61 heavy (non-hydrogen) atoms. The summed E-state index contributed by atoms with van der Waals surface area (Å²) in [4.78, 5) is 66.5. The Balaban J connectivity index is 1.29. The number of benzene rings is 2. The number of anilines is 2. The Kier molecular flexibility index (Phi) is 10.2. The Bertz CT molecular complexity index is 2560. The van der Waals surface area contributed by atoms with Crippen molar-refractivity contribution in [1.29, 1.82) is 0 Å². The summed E-state index contributed by atoms with van der Waals surface area (Å²) in [5, 5.41) is 13.1. The average molecular weight is 910 g/mol. The molecule has 4 aromatic rings. The lowest BCUT2D eigenvalue weighted by molar-refractivity contribution is -0.142. The van der Waals surface area contributed by atoms with Gasteiger partial charge in [-0.3, -0.25) is 29.6 Å². The summed E-state index contributed by atoms with van der Waals surface area (Å²) in [5.74, 6) is -10.7. The van der Waals surface area contributed by atoms with Gasteiger partial charge in [-0.1, -0.05) is 58.6 Å². The molecule has 0 radical (unpaired) electrons. The van der Waals surface area contributed by atoms with Crippen molar-refractivity contribution >= 4 is 70.1 Å². The van der Waals surface area contributed by atoms with E-state index in [1.165, 1.54) is 49.6 Å². The van der Waals surface area contributed by atoms with Crippen molar-refractivity contribution in [3.8, 4) is 11.5 Å². The van der Waals surface area contributed by atoms with Gasteiger partial charge in [-0.05, 0) is 72.9 Å². The molecule has 8 rings (SSSR count). The number of phenols is 1. The van der Waals surface area contributed by atoms with Gasteiger partial charge in [0.25, 0.3) is 23.6 Å². The van der Waals surface area contributed by atoms with E-state index in [0.29, 0.717) is 33.9 Å². The molecule has 6 atom stereocenters. The highest BCUT2D eigenvalue weighted by molar-refractivity contribution is 6.33. The first-order chi connectivity index (χ1) is 28.7. The summed E-state index contributed by atoms with van der Waals surface area (Å²) in [6.45, 7) is 0. The van der Waals surface area contributed by atoms with Crippen LogP contribution in [0.25, 0.3) is 0 Å². The molecule has 21 heteroatoms. The fraction of sp³-hybridized carbons (Fsp3) is 0.300. The van der Waals surface area contributed by atoms with Crippen LogP contribution in [0.3, 0.4) is 0 Å². The van der Waals surface area contributed by atoms with Gasteiger partial charge in [0.15, 0.2) is 11.6 Å². The number of hydrogen-bond donors (Lipinski definition) is 2. The maximum Gasteiger partial charge on any atom is 0.433 e. The number of imide groups is 2. The molecule has 0 spiro atoms. The first kappa shape index (κ1) is 42.1. The van der Waals surface area contributed by atoms with Crippen LogP contribution >= 0.6 is 34.8 Å². The maximum absolute atomic E-state index is 15.4. The van der Waals surface area contributed by atoms with E-state index in [9.17, 15) is 45.8 Å². The molecule has 2 aliphatic carbocycles. The molecule has 0 unspecified atom stereocenters. The minimum atomic E-state index is -4.90. The van der Waals surface area contributed by atoms with E-state index in [2.05, 4.69) is 15.4 Å². The zero-order valence-corrected chi connectivity index (χ0v) is 33.6. The van der Waals surface area contributed by atoms with Gasteiger partial charge in [0.1, 0.15) is 17.2 Å². The molecule has 2 N–H and O–H groups in total. The van der Waals surface area contributed by atoms with E-state index in [-0.39, 0.29) is 45.5 Å². The number of fused-ring (bicyclic) bond motifs is 4. The zero-order valence-electron chi connectivity index (χ0n) is 31.4. The number of amides is 4. The fourth-order valence-electron chi connectivity index (χ4n) is 9.21. The van der Waals surface area contributed by atoms with Crippen molar-refractivity contribution < 1.29 is 55.4 Å². The van der Waals surface area contributed by atoms with Crippen LogP contribution in [0.1, 0.15) is 41.1 Å². The molecule has 1 saturated carbocycles. The van der Waals surface area contributed by atoms with Crippen molar-refractivity contribution in [2.75, 3.05) is 24.6 Å². The number of aromatic hydroxyl groups is 1. The minimum Gasteiger partial charge on any atom is -0.508 e. The molecular formula is C40H29Cl3F6N6O6. The van der Waals surface area contributed by atoms with Crippen LogP contribution in [0, 0.1) is 23.7 Å². The standard InChI is InChI=1S/C40H29Cl3F6N6O6/c1-53(33-26(42)10-12-29(51-33)40(47,48)49)55-34(57)22-9-8-21-23(30(22)36(55)59)15-25-35(58)54(52-32-27(43)13-18(16-50-32)39(44,45)46)37(60)38(25,17-3-5-19(41)6-4-17)31(21)24-14-20(61-2)7-11-28(24)56/h3-8,10-14,16,22-23,25,30-31,56H,9,15H2,1-2H3,(H,50,52)/t22-,23+,25-,30-,31+,38+/m0/s1. The largest absolute Gasteiger partial charge is 0.508 e. The number of nitrogens with one attached hydrogen (secondary N) is 1. The van der Waals surface area contributed by atoms with Crippen LogP contribution in [0.4, 0.5) is 38.0 Å². The number of methoxy groups -OCH3 is 1. The van der Waals surface area contributed by atoms with Crippen LogP contribution < -0.4 is 15.2 Å².